The van der Waals surface area contributed by atoms with E-state index in [1.54, 1.807) is 0 Å². The van der Waals surface area contributed by atoms with Gasteiger partial charge in [-0.1, -0.05) is 13.0 Å². The third-order valence-corrected chi connectivity index (χ3v) is 4.62. The second-order valence-electron chi connectivity index (χ2n) is 5.73. The van der Waals surface area contributed by atoms with Crippen molar-refractivity contribution in [3.05, 3.63) is 23.8 Å². The molecule has 4 nitrogen and oxygen atoms in total. The lowest BCUT2D eigenvalue weighted by Gasteiger charge is -2.40. The highest BCUT2D eigenvalue weighted by molar-refractivity contribution is 5.90. The van der Waals surface area contributed by atoms with Crippen molar-refractivity contribution in [2.45, 2.75) is 31.6 Å². The van der Waals surface area contributed by atoms with Crippen LogP contribution in [0.1, 0.15) is 31.7 Å². The first kappa shape index (κ1) is 13.4. The van der Waals surface area contributed by atoms with Crippen molar-refractivity contribution in [1.82, 2.24) is 4.90 Å². The van der Waals surface area contributed by atoms with E-state index >= 15 is 0 Å². The molecule has 0 aliphatic carbocycles. The fourth-order valence-corrected chi connectivity index (χ4v) is 3.26. The maximum atomic E-state index is 12.6. The van der Waals surface area contributed by atoms with Crippen LogP contribution in [0.2, 0.25) is 0 Å². The molecule has 1 saturated heterocycles. The van der Waals surface area contributed by atoms with Gasteiger partial charge in [-0.15, -0.1) is 0 Å². The molecule has 0 amide bonds. The van der Waals surface area contributed by atoms with Crippen molar-refractivity contribution in [1.29, 1.82) is 0 Å². The summed E-state index contributed by atoms with van der Waals surface area (Å²) in [4.78, 5) is 14.9. The van der Waals surface area contributed by atoms with Crippen molar-refractivity contribution in [3.63, 3.8) is 0 Å². The summed E-state index contributed by atoms with van der Waals surface area (Å²) in [6.07, 6.45) is 2.35. The molecular formula is C16H21NO3. The highest BCUT2D eigenvalue weighted by Crippen LogP contribution is 2.42. The lowest BCUT2D eigenvalue weighted by molar-refractivity contribution is -0.126. The Kier molecular flexibility index (Phi) is 3.42. The van der Waals surface area contributed by atoms with Crippen molar-refractivity contribution in [2.24, 2.45) is 0 Å². The molecule has 2 heterocycles. The van der Waals surface area contributed by atoms with Crippen LogP contribution in [0.15, 0.2) is 18.2 Å². The fraction of sp³-hybridized carbons (Fsp3) is 0.562. The number of Topliss-reactive ketones (excluding diaryl/α,β-unsaturated/α-hetero) is 1. The number of ether oxygens (including phenoxy) is 2. The molecule has 2 aliphatic rings. The molecule has 0 aromatic heterocycles. The number of nitrogens with zero attached hydrogens (tertiary/aromatic N) is 1. The minimum atomic E-state index is -0.345. The lowest BCUT2D eigenvalue weighted by atomic mass is 9.69. The number of hydrogen-bond donors (Lipinski definition) is 0. The SMILES string of the molecule is CCC(=O)C1(c2ccc3c(c2)OCO3)CCN(C)CC1. The summed E-state index contributed by atoms with van der Waals surface area (Å²) < 4.78 is 10.8. The number of piperidine rings is 1. The minimum absolute atomic E-state index is 0.274. The number of ketones is 1. The number of rotatable bonds is 3. The molecule has 0 atom stereocenters. The molecule has 1 aromatic carbocycles. The van der Waals surface area contributed by atoms with Crippen LogP contribution >= 0.6 is 0 Å². The number of likely N-dealkylation sites (tertiary alicyclic amines) is 1. The molecule has 3 rings (SSSR count). The summed E-state index contributed by atoms with van der Waals surface area (Å²) in [7, 11) is 2.11. The summed E-state index contributed by atoms with van der Waals surface area (Å²) in [5, 5.41) is 0. The molecule has 0 radical (unpaired) electrons. The molecule has 0 saturated carbocycles. The first-order chi connectivity index (χ1) is 9.65. The van der Waals surface area contributed by atoms with Crippen LogP contribution in [0.4, 0.5) is 0 Å². The second-order valence-corrected chi connectivity index (χ2v) is 5.73. The summed E-state index contributed by atoms with van der Waals surface area (Å²) in [6, 6.07) is 5.97. The van der Waals surface area contributed by atoms with E-state index in [1.165, 1.54) is 0 Å². The molecular weight excluding hydrogens is 254 g/mol. The maximum Gasteiger partial charge on any atom is 0.231 e. The molecule has 1 fully saturated rings. The zero-order valence-electron chi connectivity index (χ0n) is 12.1. The largest absolute Gasteiger partial charge is 0.454 e. The van der Waals surface area contributed by atoms with Crippen LogP contribution < -0.4 is 9.47 Å². The van der Waals surface area contributed by atoms with Crippen molar-refractivity contribution in [2.75, 3.05) is 26.9 Å². The van der Waals surface area contributed by atoms with Gasteiger partial charge in [-0.05, 0) is 50.7 Å². The lowest BCUT2D eigenvalue weighted by Crippen LogP contribution is -2.45. The molecule has 0 spiro atoms. The molecule has 2 aliphatic heterocycles. The number of benzene rings is 1. The van der Waals surface area contributed by atoms with E-state index in [4.69, 9.17) is 9.47 Å². The zero-order chi connectivity index (χ0) is 14.2. The Morgan fingerprint density at radius 1 is 1.25 bits per heavy atom. The third-order valence-electron chi connectivity index (χ3n) is 4.62. The highest BCUT2D eigenvalue weighted by Gasteiger charge is 2.41. The van der Waals surface area contributed by atoms with Crippen molar-refractivity contribution in [3.8, 4) is 11.5 Å². The predicted molar refractivity (Wildman–Crippen MR) is 76.3 cm³/mol. The average Bonchev–Trinajstić information content (AvgIpc) is 2.95. The van der Waals surface area contributed by atoms with E-state index in [9.17, 15) is 4.79 Å². The van der Waals surface area contributed by atoms with Gasteiger partial charge in [-0.25, -0.2) is 0 Å². The first-order valence-corrected chi connectivity index (χ1v) is 7.28. The monoisotopic (exact) mass is 275 g/mol. The molecule has 108 valence electrons. The van der Waals surface area contributed by atoms with Gasteiger partial charge in [0.2, 0.25) is 6.79 Å². The van der Waals surface area contributed by atoms with E-state index in [1.807, 2.05) is 25.1 Å². The fourth-order valence-electron chi connectivity index (χ4n) is 3.26. The van der Waals surface area contributed by atoms with Crippen LogP contribution in [0.25, 0.3) is 0 Å². The Morgan fingerprint density at radius 2 is 1.95 bits per heavy atom. The quantitative estimate of drug-likeness (QED) is 0.849. The van der Waals surface area contributed by atoms with Gasteiger partial charge in [0, 0.05) is 6.42 Å². The zero-order valence-corrected chi connectivity index (χ0v) is 12.1. The van der Waals surface area contributed by atoms with Gasteiger partial charge < -0.3 is 14.4 Å². The van der Waals surface area contributed by atoms with Crippen LogP contribution in [0.5, 0.6) is 11.5 Å². The molecule has 4 heteroatoms. The Hall–Kier alpha value is -1.55. The molecule has 0 bridgehead atoms. The average molecular weight is 275 g/mol. The smallest absolute Gasteiger partial charge is 0.231 e. The molecule has 1 aromatic rings. The number of hydrogen-bond acceptors (Lipinski definition) is 4. The number of fused-ring (bicyclic) bond motifs is 1. The topological polar surface area (TPSA) is 38.8 Å². The number of carbonyl (C=O) groups excluding carboxylic acids is 1. The summed E-state index contributed by atoms with van der Waals surface area (Å²) in [6.45, 7) is 4.14. The van der Waals surface area contributed by atoms with Crippen LogP contribution in [-0.4, -0.2) is 37.6 Å². The van der Waals surface area contributed by atoms with E-state index in [0.29, 0.717) is 12.2 Å². The van der Waals surface area contributed by atoms with Crippen LogP contribution in [0, 0.1) is 0 Å². The van der Waals surface area contributed by atoms with Crippen LogP contribution in [0.3, 0.4) is 0 Å². The summed E-state index contributed by atoms with van der Waals surface area (Å²) in [5.41, 5.74) is 0.740. The first-order valence-electron chi connectivity index (χ1n) is 7.28. The van der Waals surface area contributed by atoms with Gasteiger partial charge in [0.25, 0.3) is 0 Å². The Bertz CT molecular complexity index is 518. The van der Waals surface area contributed by atoms with Gasteiger partial charge in [-0.3, -0.25) is 4.79 Å². The predicted octanol–water partition coefficient (Wildman–Crippen LogP) is 2.36. The Morgan fingerprint density at radius 3 is 2.65 bits per heavy atom. The Labute approximate surface area is 119 Å². The third kappa shape index (κ3) is 2.08. The second kappa shape index (κ2) is 5.09. The van der Waals surface area contributed by atoms with Crippen molar-refractivity contribution < 1.29 is 14.3 Å². The van der Waals surface area contributed by atoms with Crippen LogP contribution in [-0.2, 0) is 10.2 Å². The minimum Gasteiger partial charge on any atom is -0.454 e. The summed E-state index contributed by atoms with van der Waals surface area (Å²) in [5.74, 6) is 1.88. The molecule has 20 heavy (non-hydrogen) atoms. The maximum absolute atomic E-state index is 12.6. The van der Waals surface area contributed by atoms with E-state index in [0.717, 1.165) is 43.0 Å². The van der Waals surface area contributed by atoms with Gasteiger partial charge in [0.1, 0.15) is 5.78 Å². The van der Waals surface area contributed by atoms with Crippen molar-refractivity contribution >= 4 is 5.78 Å². The van der Waals surface area contributed by atoms with E-state index < -0.39 is 0 Å². The van der Waals surface area contributed by atoms with Gasteiger partial charge in [-0.2, -0.15) is 0 Å². The summed E-state index contributed by atoms with van der Waals surface area (Å²) >= 11 is 0. The van der Waals surface area contributed by atoms with Gasteiger partial charge >= 0.3 is 0 Å². The van der Waals surface area contributed by atoms with Gasteiger partial charge in [0.15, 0.2) is 11.5 Å². The Balaban J connectivity index is 1.99. The highest BCUT2D eigenvalue weighted by atomic mass is 16.7. The standard InChI is InChI=1S/C16H21NO3/c1-3-15(18)16(6-8-17(2)9-7-16)12-4-5-13-14(10-12)20-11-19-13/h4-5,10H,3,6-9,11H2,1-2H3. The van der Waals surface area contributed by atoms with Gasteiger partial charge in [0.05, 0.1) is 5.41 Å². The van der Waals surface area contributed by atoms with E-state index in [-0.39, 0.29) is 12.2 Å². The number of carbonyl (C=O) groups is 1. The normalized spacial score (nSPS) is 20.9. The molecule has 0 N–H and O–H groups in total. The molecule has 0 unspecified atom stereocenters. The van der Waals surface area contributed by atoms with E-state index in [2.05, 4.69) is 11.9 Å².